The summed E-state index contributed by atoms with van der Waals surface area (Å²) in [6.45, 7) is 3.35. The maximum absolute atomic E-state index is 12.3. The van der Waals surface area contributed by atoms with Crippen molar-refractivity contribution in [2.24, 2.45) is 0 Å². The van der Waals surface area contributed by atoms with E-state index in [9.17, 15) is 9.59 Å². The van der Waals surface area contributed by atoms with Crippen LogP contribution >= 0.6 is 11.3 Å². The number of hydrogen-bond donors (Lipinski definition) is 0. The zero-order chi connectivity index (χ0) is 15.0. The van der Waals surface area contributed by atoms with Gasteiger partial charge in [0.2, 0.25) is 0 Å². The lowest BCUT2D eigenvalue weighted by molar-refractivity contribution is 0.0530. The fourth-order valence-electron chi connectivity index (χ4n) is 2.46. The molecule has 1 aromatic heterocycles. The second-order valence-corrected chi connectivity index (χ2v) is 5.89. The van der Waals surface area contributed by atoms with Crippen molar-refractivity contribution < 1.29 is 14.3 Å². The highest BCUT2D eigenvalue weighted by Crippen LogP contribution is 2.39. The Morgan fingerprint density at radius 2 is 2.10 bits per heavy atom. The predicted molar refractivity (Wildman–Crippen MR) is 83.2 cm³/mol. The summed E-state index contributed by atoms with van der Waals surface area (Å²) in [6.07, 6.45) is 0. The molecule has 110 valence electrons. The summed E-state index contributed by atoms with van der Waals surface area (Å²) < 4.78 is 6.16. The van der Waals surface area contributed by atoms with E-state index >= 15 is 0 Å². The molecule has 2 heterocycles. The Bertz CT molecular complexity index is 710. The third-order valence-electron chi connectivity index (χ3n) is 3.52. The molecule has 6 heteroatoms. The number of esters is 1. The maximum Gasteiger partial charge on any atom is 0.341 e. The van der Waals surface area contributed by atoms with Crippen molar-refractivity contribution in [3.63, 3.8) is 0 Å². The van der Waals surface area contributed by atoms with Crippen LogP contribution in [0.2, 0.25) is 0 Å². The van der Waals surface area contributed by atoms with Gasteiger partial charge in [-0.2, -0.15) is 0 Å². The third kappa shape index (κ3) is 2.25. The van der Waals surface area contributed by atoms with E-state index < -0.39 is 0 Å². The molecule has 0 N–H and O–H groups in total. The van der Waals surface area contributed by atoms with Crippen molar-refractivity contribution in [2.75, 3.05) is 31.6 Å². The number of urea groups is 1. The topological polar surface area (TPSA) is 49.9 Å². The summed E-state index contributed by atoms with van der Waals surface area (Å²) in [7, 11) is 1.76. The van der Waals surface area contributed by atoms with Crippen LogP contribution in [0.3, 0.4) is 0 Å². The highest BCUT2D eigenvalue weighted by molar-refractivity contribution is 7.23. The molecule has 2 aromatic rings. The van der Waals surface area contributed by atoms with Crippen LogP contribution in [0.5, 0.6) is 0 Å². The first-order valence-electron chi connectivity index (χ1n) is 6.84. The average Bonchev–Trinajstić information content (AvgIpc) is 3.00. The van der Waals surface area contributed by atoms with Gasteiger partial charge in [0.1, 0.15) is 10.6 Å². The fourth-order valence-corrected chi connectivity index (χ4v) is 3.67. The quantitative estimate of drug-likeness (QED) is 0.819. The van der Waals surface area contributed by atoms with Crippen LogP contribution < -0.4 is 4.90 Å². The van der Waals surface area contributed by atoms with E-state index in [1.54, 1.807) is 23.8 Å². The van der Waals surface area contributed by atoms with Crippen LogP contribution in [-0.2, 0) is 4.74 Å². The molecule has 1 fully saturated rings. The number of amides is 2. The van der Waals surface area contributed by atoms with Crippen molar-refractivity contribution in [1.82, 2.24) is 4.90 Å². The van der Waals surface area contributed by atoms with Crippen molar-refractivity contribution in [2.45, 2.75) is 6.92 Å². The van der Waals surface area contributed by atoms with Gasteiger partial charge in [0, 0.05) is 30.2 Å². The normalized spacial score (nSPS) is 15.0. The van der Waals surface area contributed by atoms with Crippen LogP contribution in [-0.4, -0.2) is 43.6 Å². The summed E-state index contributed by atoms with van der Waals surface area (Å²) >= 11 is 1.46. The molecule has 0 bridgehead atoms. The average molecular weight is 304 g/mol. The number of rotatable bonds is 3. The molecule has 1 aliphatic heterocycles. The van der Waals surface area contributed by atoms with Gasteiger partial charge in [0.05, 0.1) is 6.61 Å². The Morgan fingerprint density at radius 1 is 1.33 bits per heavy atom. The lowest BCUT2D eigenvalue weighted by atomic mass is 10.1. The van der Waals surface area contributed by atoms with Crippen LogP contribution in [0.15, 0.2) is 24.3 Å². The first-order chi connectivity index (χ1) is 10.1. The molecule has 1 aromatic carbocycles. The standard InChI is InChI=1S/C15H16N2O3S/c1-3-20-14(18)12-10-6-4-5-7-11(10)21-13(12)17-9-8-16(2)15(17)19/h4-7H,3,8-9H2,1-2H3. The predicted octanol–water partition coefficient (Wildman–Crippen LogP) is 2.95. The smallest absolute Gasteiger partial charge is 0.341 e. The molecule has 0 radical (unpaired) electrons. The molecule has 21 heavy (non-hydrogen) atoms. The molecule has 0 saturated carbocycles. The fraction of sp³-hybridized carbons (Fsp3) is 0.333. The Kier molecular flexibility index (Phi) is 3.55. The van der Waals surface area contributed by atoms with Gasteiger partial charge in [-0.25, -0.2) is 9.59 Å². The number of hydrogen-bond acceptors (Lipinski definition) is 4. The van der Waals surface area contributed by atoms with Crippen LogP contribution in [0, 0.1) is 0 Å². The highest BCUT2D eigenvalue weighted by Gasteiger charge is 2.32. The molecule has 0 aliphatic carbocycles. The Labute approximate surface area is 126 Å². The van der Waals surface area contributed by atoms with Gasteiger partial charge in [0.15, 0.2) is 0 Å². The zero-order valence-corrected chi connectivity index (χ0v) is 12.8. The minimum absolute atomic E-state index is 0.0768. The minimum atomic E-state index is -0.368. The number of likely N-dealkylation sites (N-methyl/N-ethyl adjacent to an activating group) is 1. The zero-order valence-electron chi connectivity index (χ0n) is 12.0. The largest absolute Gasteiger partial charge is 0.462 e. The Morgan fingerprint density at radius 3 is 2.76 bits per heavy atom. The van der Waals surface area contributed by atoms with E-state index in [4.69, 9.17) is 4.74 Å². The summed E-state index contributed by atoms with van der Waals surface area (Å²) in [5.74, 6) is -0.368. The Balaban J connectivity index is 2.15. The van der Waals surface area contributed by atoms with Gasteiger partial charge in [-0.15, -0.1) is 11.3 Å². The number of carbonyl (C=O) groups is 2. The Hall–Kier alpha value is -2.08. The monoisotopic (exact) mass is 304 g/mol. The van der Waals surface area contributed by atoms with Crippen LogP contribution in [0.4, 0.5) is 9.80 Å². The van der Waals surface area contributed by atoms with Crippen molar-refractivity contribution >= 4 is 38.4 Å². The molecule has 1 saturated heterocycles. The number of thiophene rings is 1. The third-order valence-corrected chi connectivity index (χ3v) is 4.71. The van der Waals surface area contributed by atoms with E-state index in [1.807, 2.05) is 24.3 Å². The lowest BCUT2D eigenvalue weighted by Gasteiger charge is -2.15. The van der Waals surface area contributed by atoms with Crippen LogP contribution in [0.1, 0.15) is 17.3 Å². The van der Waals surface area contributed by atoms with Crippen molar-refractivity contribution in [3.05, 3.63) is 29.8 Å². The van der Waals surface area contributed by atoms with Crippen molar-refractivity contribution in [1.29, 1.82) is 0 Å². The van der Waals surface area contributed by atoms with E-state index in [-0.39, 0.29) is 12.0 Å². The maximum atomic E-state index is 12.3. The number of anilines is 1. The number of carbonyl (C=O) groups excluding carboxylic acids is 2. The SMILES string of the molecule is CCOC(=O)c1c(N2CCN(C)C2=O)sc2ccccc12. The summed E-state index contributed by atoms with van der Waals surface area (Å²) in [4.78, 5) is 27.9. The summed E-state index contributed by atoms with van der Waals surface area (Å²) in [6, 6.07) is 7.59. The number of benzene rings is 1. The molecular weight excluding hydrogens is 288 g/mol. The molecular formula is C15H16N2O3S. The van der Waals surface area contributed by atoms with E-state index in [0.29, 0.717) is 30.3 Å². The van der Waals surface area contributed by atoms with Gasteiger partial charge < -0.3 is 9.64 Å². The van der Waals surface area contributed by atoms with Gasteiger partial charge in [-0.3, -0.25) is 4.90 Å². The number of nitrogens with zero attached hydrogens (tertiary/aromatic N) is 2. The second kappa shape index (κ2) is 5.37. The summed E-state index contributed by atoms with van der Waals surface area (Å²) in [5, 5.41) is 1.53. The number of ether oxygens (including phenoxy) is 1. The number of fused-ring (bicyclic) bond motifs is 1. The first-order valence-corrected chi connectivity index (χ1v) is 7.66. The second-order valence-electron chi connectivity index (χ2n) is 4.85. The van der Waals surface area contributed by atoms with E-state index in [2.05, 4.69) is 0 Å². The molecule has 3 rings (SSSR count). The highest BCUT2D eigenvalue weighted by atomic mass is 32.1. The van der Waals surface area contributed by atoms with Crippen LogP contribution in [0.25, 0.3) is 10.1 Å². The van der Waals surface area contributed by atoms with Gasteiger partial charge >= 0.3 is 12.0 Å². The van der Waals surface area contributed by atoms with E-state index in [1.165, 1.54) is 11.3 Å². The van der Waals surface area contributed by atoms with E-state index in [0.717, 1.165) is 10.1 Å². The summed E-state index contributed by atoms with van der Waals surface area (Å²) in [5.41, 5.74) is 0.501. The molecule has 2 amide bonds. The minimum Gasteiger partial charge on any atom is -0.462 e. The molecule has 0 atom stereocenters. The lowest BCUT2D eigenvalue weighted by Crippen LogP contribution is -2.29. The van der Waals surface area contributed by atoms with Crippen molar-refractivity contribution in [3.8, 4) is 0 Å². The van der Waals surface area contributed by atoms with Gasteiger partial charge in [-0.05, 0) is 13.0 Å². The molecule has 0 unspecified atom stereocenters. The molecule has 1 aliphatic rings. The van der Waals surface area contributed by atoms with Gasteiger partial charge in [0.25, 0.3) is 0 Å². The van der Waals surface area contributed by atoms with Gasteiger partial charge in [-0.1, -0.05) is 18.2 Å². The molecule has 0 spiro atoms. The first kappa shape index (κ1) is 13.9. The molecule has 5 nitrogen and oxygen atoms in total.